The number of hydrogen-bond acceptors (Lipinski definition) is 4. The van der Waals surface area contributed by atoms with Gasteiger partial charge in [0.1, 0.15) is 5.75 Å². The summed E-state index contributed by atoms with van der Waals surface area (Å²) in [5, 5.41) is 0. The first-order chi connectivity index (χ1) is 11.8. The van der Waals surface area contributed by atoms with Crippen molar-refractivity contribution in [1.82, 2.24) is 9.80 Å². The third-order valence-corrected chi connectivity index (χ3v) is 4.35. The number of hydrogen-bond donors (Lipinski definition) is 0. The lowest BCUT2D eigenvalue weighted by Crippen LogP contribution is -2.48. The topological polar surface area (TPSA) is 32.8 Å². The molecule has 0 saturated carbocycles. The van der Waals surface area contributed by atoms with E-state index >= 15 is 0 Å². The van der Waals surface area contributed by atoms with Crippen LogP contribution >= 0.6 is 0 Å². The molecule has 0 aliphatic carbocycles. The summed E-state index contributed by atoms with van der Waals surface area (Å²) in [7, 11) is 0. The predicted octanol–water partition coefficient (Wildman–Crippen LogP) is 2.45. The summed E-state index contributed by atoms with van der Waals surface area (Å²) >= 11 is 0. The van der Waals surface area contributed by atoms with Gasteiger partial charge in [0.25, 0.3) is 0 Å². The van der Waals surface area contributed by atoms with Crippen molar-refractivity contribution in [2.45, 2.75) is 6.42 Å². The van der Waals surface area contributed by atoms with E-state index in [1.165, 1.54) is 5.56 Å². The average molecular weight is 324 g/mol. The van der Waals surface area contributed by atoms with Crippen molar-refractivity contribution in [2.75, 3.05) is 39.3 Å². The van der Waals surface area contributed by atoms with Crippen LogP contribution in [-0.4, -0.2) is 55.0 Å². The summed E-state index contributed by atoms with van der Waals surface area (Å²) in [6.07, 6.45) is 1.08. The van der Waals surface area contributed by atoms with Gasteiger partial charge >= 0.3 is 5.97 Å². The molecule has 0 unspecified atom stereocenters. The lowest BCUT2D eigenvalue weighted by Gasteiger charge is -2.34. The minimum atomic E-state index is -0.182. The second kappa shape index (κ2) is 8.62. The average Bonchev–Trinajstić information content (AvgIpc) is 2.63. The maximum atomic E-state index is 12.0. The molecule has 1 aliphatic heterocycles. The first-order valence-corrected chi connectivity index (χ1v) is 8.54. The fourth-order valence-corrected chi connectivity index (χ4v) is 2.94. The van der Waals surface area contributed by atoms with Crippen molar-refractivity contribution in [3.63, 3.8) is 0 Å². The molecular formula is C20H24N2O2. The van der Waals surface area contributed by atoms with Gasteiger partial charge in [-0.2, -0.15) is 0 Å². The Balaban J connectivity index is 1.36. The molecule has 1 heterocycles. The molecule has 126 valence electrons. The van der Waals surface area contributed by atoms with Gasteiger partial charge in [0.2, 0.25) is 0 Å². The lowest BCUT2D eigenvalue weighted by molar-refractivity contribution is -0.136. The van der Waals surface area contributed by atoms with Crippen molar-refractivity contribution >= 4 is 5.97 Å². The van der Waals surface area contributed by atoms with E-state index in [1.807, 2.05) is 18.2 Å². The van der Waals surface area contributed by atoms with Crippen molar-refractivity contribution < 1.29 is 9.53 Å². The van der Waals surface area contributed by atoms with Crippen molar-refractivity contribution in [3.8, 4) is 5.75 Å². The Labute approximate surface area is 143 Å². The molecule has 3 rings (SSSR count). The van der Waals surface area contributed by atoms with Crippen LogP contribution in [0.3, 0.4) is 0 Å². The van der Waals surface area contributed by atoms with Crippen LogP contribution in [0.4, 0.5) is 0 Å². The molecule has 0 spiro atoms. The fourth-order valence-electron chi connectivity index (χ4n) is 2.94. The maximum Gasteiger partial charge on any atom is 0.325 e. The Kier molecular flexibility index (Phi) is 5.99. The highest BCUT2D eigenvalue weighted by atomic mass is 16.5. The van der Waals surface area contributed by atoms with Crippen LogP contribution in [0.25, 0.3) is 0 Å². The van der Waals surface area contributed by atoms with Gasteiger partial charge in [-0.1, -0.05) is 48.5 Å². The Morgan fingerprint density at radius 2 is 1.42 bits per heavy atom. The molecular weight excluding hydrogens is 300 g/mol. The molecule has 0 bridgehead atoms. The Morgan fingerprint density at radius 3 is 2.08 bits per heavy atom. The minimum absolute atomic E-state index is 0.182. The number of rotatable bonds is 6. The number of ether oxygens (including phenoxy) is 1. The molecule has 0 N–H and O–H groups in total. The van der Waals surface area contributed by atoms with Gasteiger partial charge in [-0.15, -0.1) is 0 Å². The lowest BCUT2D eigenvalue weighted by atomic mass is 10.1. The van der Waals surface area contributed by atoms with Gasteiger partial charge in [0.05, 0.1) is 6.54 Å². The number of piperazine rings is 1. The van der Waals surface area contributed by atoms with Gasteiger partial charge in [-0.05, 0) is 24.1 Å². The van der Waals surface area contributed by atoms with E-state index < -0.39 is 0 Å². The summed E-state index contributed by atoms with van der Waals surface area (Å²) in [5.41, 5.74) is 1.38. The largest absolute Gasteiger partial charge is 0.426 e. The number of esters is 1. The Bertz CT molecular complexity index is 623. The summed E-state index contributed by atoms with van der Waals surface area (Å²) in [4.78, 5) is 16.6. The normalized spacial score (nSPS) is 16.0. The maximum absolute atomic E-state index is 12.0. The molecule has 0 atom stereocenters. The smallest absolute Gasteiger partial charge is 0.325 e. The van der Waals surface area contributed by atoms with E-state index in [1.54, 1.807) is 12.1 Å². The molecule has 24 heavy (non-hydrogen) atoms. The van der Waals surface area contributed by atoms with Crippen LogP contribution in [-0.2, 0) is 11.2 Å². The highest BCUT2D eigenvalue weighted by Gasteiger charge is 2.19. The number of para-hydroxylation sites is 1. The molecule has 2 aromatic carbocycles. The molecule has 1 fully saturated rings. The van der Waals surface area contributed by atoms with Gasteiger partial charge in [-0.25, -0.2) is 0 Å². The Hall–Kier alpha value is -2.17. The number of carbonyl (C=O) groups excluding carboxylic acids is 1. The van der Waals surface area contributed by atoms with Crippen LogP contribution in [0, 0.1) is 0 Å². The van der Waals surface area contributed by atoms with Gasteiger partial charge in [0.15, 0.2) is 0 Å². The van der Waals surface area contributed by atoms with E-state index in [-0.39, 0.29) is 5.97 Å². The molecule has 0 aromatic heterocycles. The van der Waals surface area contributed by atoms with E-state index in [2.05, 4.69) is 40.1 Å². The Morgan fingerprint density at radius 1 is 0.833 bits per heavy atom. The van der Waals surface area contributed by atoms with Crippen LogP contribution < -0.4 is 4.74 Å². The number of benzene rings is 2. The highest BCUT2D eigenvalue weighted by molar-refractivity contribution is 5.74. The second-order valence-electron chi connectivity index (χ2n) is 6.14. The molecule has 4 nitrogen and oxygen atoms in total. The molecule has 0 radical (unpaired) electrons. The van der Waals surface area contributed by atoms with E-state index in [9.17, 15) is 4.79 Å². The number of nitrogens with zero attached hydrogens (tertiary/aromatic N) is 2. The fraction of sp³-hybridized carbons (Fsp3) is 0.350. The quantitative estimate of drug-likeness (QED) is 0.604. The highest BCUT2D eigenvalue weighted by Crippen LogP contribution is 2.10. The van der Waals surface area contributed by atoms with Crippen LogP contribution in [0.1, 0.15) is 5.56 Å². The molecule has 0 amide bonds. The summed E-state index contributed by atoms with van der Waals surface area (Å²) in [6, 6.07) is 19.8. The standard InChI is InChI=1S/C20H24N2O2/c23-20(24-19-9-5-2-6-10-19)17-22-15-13-21(14-16-22)12-11-18-7-3-1-4-8-18/h1-10H,11-17H2. The molecule has 1 saturated heterocycles. The van der Waals surface area contributed by atoms with Gasteiger partial charge in [0, 0.05) is 32.7 Å². The predicted molar refractivity (Wildman–Crippen MR) is 95.1 cm³/mol. The zero-order valence-electron chi connectivity index (χ0n) is 13.9. The zero-order chi connectivity index (χ0) is 16.6. The van der Waals surface area contributed by atoms with Crippen molar-refractivity contribution in [2.24, 2.45) is 0 Å². The van der Waals surface area contributed by atoms with Crippen LogP contribution in [0.2, 0.25) is 0 Å². The molecule has 4 heteroatoms. The molecule has 2 aromatic rings. The second-order valence-corrected chi connectivity index (χ2v) is 6.14. The van der Waals surface area contributed by atoms with Gasteiger partial charge < -0.3 is 9.64 Å². The van der Waals surface area contributed by atoms with E-state index in [4.69, 9.17) is 4.74 Å². The minimum Gasteiger partial charge on any atom is -0.426 e. The van der Waals surface area contributed by atoms with Crippen LogP contribution in [0.5, 0.6) is 5.75 Å². The number of carbonyl (C=O) groups is 1. The zero-order valence-corrected chi connectivity index (χ0v) is 13.9. The SMILES string of the molecule is O=C(CN1CCN(CCc2ccccc2)CC1)Oc1ccccc1. The third-order valence-electron chi connectivity index (χ3n) is 4.35. The molecule has 1 aliphatic rings. The van der Waals surface area contributed by atoms with Gasteiger partial charge in [-0.3, -0.25) is 9.69 Å². The first-order valence-electron chi connectivity index (χ1n) is 8.54. The summed E-state index contributed by atoms with van der Waals surface area (Å²) < 4.78 is 5.36. The van der Waals surface area contributed by atoms with Crippen LogP contribution in [0.15, 0.2) is 60.7 Å². The third kappa shape index (κ3) is 5.18. The van der Waals surface area contributed by atoms with Crippen molar-refractivity contribution in [1.29, 1.82) is 0 Å². The van der Waals surface area contributed by atoms with Crippen molar-refractivity contribution in [3.05, 3.63) is 66.2 Å². The summed E-state index contributed by atoms with van der Waals surface area (Å²) in [5.74, 6) is 0.433. The van der Waals surface area contributed by atoms with E-state index in [0.717, 1.165) is 39.1 Å². The summed E-state index contributed by atoms with van der Waals surface area (Å²) in [6.45, 7) is 5.28. The monoisotopic (exact) mass is 324 g/mol. The first kappa shape index (κ1) is 16.7. The van der Waals surface area contributed by atoms with E-state index in [0.29, 0.717) is 12.3 Å².